The zero-order valence-electron chi connectivity index (χ0n) is 13.8. The van der Waals surface area contributed by atoms with Gasteiger partial charge in [0, 0.05) is 13.1 Å². The molecule has 4 heteroatoms. The number of nitrogens with zero attached hydrogens (tertiary/aromatic N) is 1. The van der Waals surface area contributed by atoms with Crippen molar-refractivity contribution in [2.24, 2.45) is 11.8 Å². The van der Waals surface area contributed by atoms with Crippen molar-refractivity contribution in [1.29, 1.82) is 0 Å². The second-order valence-electron chi connectivity index (χ2n) is 7.03. The first-order valence-corrected chi connectivity index (χ1v) is 7.81. The zero-order chi connectivity index (χ0) is 16.5. The predicted octanol–water partition coefficient (Wildman–Crippen LogP) is 2.84. The van der Waals surface area contributed by atoms with Crippen LogP contribution in [-0.2, 0) is 15.0 Å². The van der Waals surface area contributed by atoms with Gasteiger partial charge in [-0.2, -0.15) is 0 Å². The molecule has 2 rings (SSSR count). The first-order valence-electron chi connectivity index (χ1n) is 7.81. The number of rotatable bonds is 3. The van der Waals surface area contributed by atoms with E-state index in [0.29, 0.717) is 19.5 Å². The molecule has 1 heterocycles. The number of amides is 1. The number of aliphatic carboxylic acids is 1. The molecule has 1 aromatic rings. The van der Waals surface area contributed by atoms with Gasteiger partial charge in [0.15, 0.2) is 0 Å². The second kappa shape index (κ2) is 6.11. The van der Waals surface area contributed by atoms with Crippen molar-refractivity contribution < 1.29 is 14.7 Å². The summed E-state index contributed by atoms with van der Waals surface area (Å²) in [5, 5.41) is 9.28. The normalized spacial score (nSPS) is 22.5. The molecule has 0 radical (unpaired) electrons. The van der Waals surface area contributed by atoms with Crippen LogP contribution in [0.2, 0.25) is 0 Å². The molecule has 0 aliphatic carbocycles. The summed E-state index contributed by atoms with van der Waals surface area (Å²) in [6.07, 6.45) is 0.643. The number of hydrogen-bond acceptors (Lipinski definition) is 2. The molecular weight excluding hydrogens is 278 g/mol. The summed E-state index contributed by atoms with van der Waals surface area (Å²) in [7, 11) is 0. The molecule has 0 spiro atoms. The highest BCUT2D eigenvalue weighted by Gasteiger charge is 2.39. The van der Waals surface area contributed by atoms with E-state index in [9.17, 15) is 14.7 Å². The highest BCUT2D eigenvalue weighted by Crippen LogP contribution is 2.31. The van der Waals surface area contributed by atoms with Crippen LogP contribution in [0.4, 0.5) is 0 Å². The fourth-order valence-electron chi connectivity index (χ4n) is 3.48. The Bertz CT molecular complexity index is 579. The van der Waals surface area contributed by atoms with Gasteiger partial charge in [-0.15, -0.1) is 0 Å². The Morgan fingerprint density at radius 2 is 1.86 bits per heavy atom. The summed E-state index contributed by atoms with van der Waals surface area (Å²) in [6, 6.07) is 7.89. The molecule has 1 aliphatic heterocycles. The number of carboxylic acid groups (broad SMARTS) is 1. The summed E-state index contributed by atoms with van der Waals surface area (Å²) in [5.41, 5.74) is 1.44. The van der Waals surface area contributed by atoms with Crippen LogP contribution in [0.5, 0.6) is 0 Å². The standard InChI is InChI=1S/C18H25NO3/c1-12-9-14(16(20)21)11-19(10-12)17(22)18(3,4)15-8-6-5-7-13(15)2/h5-8,12,14H,9-11H2,1-4H3,(H,20,21). The summed E-state index contributed by atoms with van der Waals surface area (Å²) in [4.78, 5) is 26.1. The maximum Gasteiger partial charge on any atom is 0.308 e. The molecule has 1 aliphatic rings. The fourth-order valence-corrected chi connectivity index (χ4v) is 3.48. The Balaban J connectivity index is 2.26. The second-order valence-corrected chi connectivity index (χ2v) is 7.03. The smallest absolute Gasteiger partial charge is 0.308 e. The first kappa shape index (κ1) is 16.5. The van der Waals surface area contributed by atoms with E-state index in [-0.39, 0.29) is 11.8 Å². The number of carbonyl (C=O) groups is 2. The number of aryl methyl sites for hydroxylation is 1. The van der Waals surface area contributed by atoms with Gasteiger partial charge in [0.25, 0.3) is 0 Å². The molecule has 2 unspecified atom stereocenters. The third-order valence-corrected chi connectivity index (χ3v) is 4.65. The van der Waals surface area contributed by atoms with E-state index < -0.39 is 17.3 Å². The van der Waals surface area contributed by atoms with Crippen LogP contribution in [0.1, 0.15) is 38.3 Å². The highest BCUT2D eigenvalue weighted by atomic mass is 16.4. The lowest BCUT2D eigenvalue weighted by Crippen LogP contribution is -2.51. The maximum absolute atomic E-state index is 13.0. The Hall–Kier alpha value is -1.84. The quantitative estimate of drug-likeness (QED) is 0.934. The molecule has 0 aromatic heterocycles. The van der Waals surface area contributed by atoms with E-state index >= 15 is 0 Å². The Morgan fingerprint density at radius 3 is 2.45 bits per heavy atom. The number of piperidine rings is 1. The van der Waals surface area contributed by atoms with Gasteiger partial charge < -0.3 is 10.0 Å². The van der Waals surface area contributed by atoms with Gasteiger partial charge in [0.2, 0.25) is 5.91 Å². The summed E-state index contributed by atoms with van der Waals surface area (Å²) < 4.78 is 0. The molecule has 1 fully saturated rings. The number of hydrogen-bond donors (Lipinski definition) is 1. The maximum atomic E-state index is 13.0. The molecule has 1 saturated heterocycles. The van der Waals surface area contributed by atoms with Crippen molar-refractivity contribution in [2.45, 2.75) is 39.5 Å². The lowest BCUT2D eigenvalue weighted by atomic mass is 9.79. The summed E-state index contributed by atoms with van der Waals surface area (Å²) in [6.45, 7) is 8.81. The summed E-state index contributed by atoms with van der Waals surface area (Å²) >= 11 is 0. The first-order chi connectivity index (χ1) is 10.2. The van der Waals surface area contributed by atoms with E-state index in [1.807, 2.05) is 52.0 Å². The van der Waals surface area contributed by atoms with Crippen molar-refractivity contribution in [3.05, 3.63) is 35.4 Å². The molecule has 4 nitrogen and oxygen atoms in total. The molecule has 0 bridgehead atoms. The predicted molar refractivity (Wildman–Crippen MR) is 85.7 cm³/mol. The highest BCUT2D eigenvalue weighted by molar-refractivity contribution is 5.88. The number of carbonyl (C=O) groups excluding carboxylic acids is 1. The van der Waals surface area contributed by atoms with Gasteiger partial charge in [-0.05, 0) is 44.2 Å². The fraction of sp³-hybridized carbons (Fsp3) is 0.556. The molecule has 22 heavy (non-hydrogen) atoms. The monoisotopic (exact) mass is 303 g/mol. The minimum atomic E-state index is -0.807. The molecule has 1 N–H and O–H groups in total. The Kier molecular flexibility index (Phi) is 4.59. The molecule has 1 aromatic carbocycles. The van der Waals surface area contributed by atoms with Crippen molar-refractivity contribution in [3.63, 3.8) is 0 Å². The van der Waals surface area contributed by atoms with Crippen LogP contribution in [0, 0.1) is 18.8 Å². The Morgan fingerprint density at radius 1 is 1.23 bits per heavy atom. The van der Waals surface area contributed by atoms with Crippen LogP contribution in [0.25, 0.3) is 0 Å². The topological polar surface area (TPSA) is 57.6 Å². The molecule has 2 atom stereocenters. The van der Waals surface area contributed by atoms with Crippen LogP contribution in [-0.4, -0.2) is 35.0 Å². The van der Waals surface area contributed by atoms with Crippen molar-refractivity contribution >= 4 is 11.9 Å². The molecule has 1 amide bonds. The zero-order valence-corrected chi connectivity index (χ0v) is 13.8. The lowest BCUT2D eigenvalue weighted by Gasteiger charge is -2.39. The Labute approximate surface area is 132 Å². The van der Waals surface area contributed by atoms with Crippen LogP contribution >= 0.6 is 0 Å². The number of likely N-dealkylation sites (tertiary alicyclic amines) is 1. The van der Waals surface area contributed by atoms with Crippen LogP contribution in [0.15, 0.2) is 24.3 Å². The van der Waals surface area contributed by atoms with Crippen molar-refractivity contribution in [1.82, 2.24) is 4.90 Å². The number of carboxylic acids is 1. The average molecular weight is 303 g/mol. The molecular formula is C18H25NO3. The minimum absolute atomic E-state index is 0.0135. The van der Waals surface area contributed by atoms with Gasteiger partial charge >= 0.3 is 5.97 Å². The van der Waals surface area contributed by atoms with Gasteiger partial charge in [-0.25, -0.2) is 0 Å². The van der Waals surface area contributed by atoms with E-state index in [4.69, 9.17) is 0 Å². The van der Waals surface area contributed by atoms with Gasteiger partial charge in [0.05, 0.1) is 11.3 Å². The lowest BCUT2D eigenvalue weighted by molar-refractivity contribution is -0.148. The largest absolute Gasteiger partial charge is 0.481 e. The van der Waals surface area contributed by atoms with E-state index in [1.165, 1.54) is 0 Å². The minimum Gasteiger partial charge on any atom is -0.481 e. The average Bonchev–Trinajstić information content (AvgIpc) is 2.46. The number of benzene rings is 1. The van der Waals surface area contributed by atoms with E-state index in [2.05, 4.69) is 0 Å². The molecule has 0 saturated carbocycles. The van der Waals surface area contributed by atoms with Crippen molar-refractivity contribution in [3.8, 4) is 0 Å². The van der Waals surface area contributed by atoms with Gasteiger partial charge in [-0.3, -0.25) is 9.59 Å². The van der Waals surface area contributed by atoms with Crippen LogP contribution in [0.3, 0.4) is 0 Å². The van der Waals surface area contributed by atoms with Gasteiger partial charge in [-0.1, -0.05) is 31.2 Å². The van der Waals surface area contributed by atoms with Crippen molar-refractivity contribution in [2.75, 3.05) is 13.1 Å². The van der Waals surface area contributed by atoms with E-state index in [1.54, 1.807) is 4.90 Å². The third kappa shape index (κ3) is 3.16. The third-order valence-electron chi connectivity index (χ3n) is 4.65. The van der Waals surface area contributed by atoms with Gasteiger partial charge in [0.1, 0.15) is 0 Å². The summed E-state index contributed by atoms with van der Waals surface area (Å²) in [5.74, 6) is -1.04. The van der Waals surface area contributed by atoms with Crippen LogP contribution < -0.4 is 0 Å². The SMILES string of the molecule is Cc1ccccc1C(C)(C)C(=O)N1CC(C)CC(C(=O)O)C1. The molecule has 120 valence electrons. The van der Waals surface area contributed by atoms with E-state index in [0.717, 1.165) is 11.1 Å².